The molecule has 2 aliphatic rings. The van der Waals surface area contributed by atoms with Gasteiger partial charge in [-0.15, -0.1) is 0 Å². The summed E-state index contributed by atoms with van der Waals surface area (Å²) in [5, 5.41) is 10.9. The van der Waals surface area contributed by atoms with Crippen LogP contribution in [0.2, 0.25) is 0 Å². The number of nitrogens with zero attached hydrogens (tertiary/aromatic N) is 2. The number of alkyl halides is 1. The van der Waals surface area contributed by atoms with Crippen LogP contribution in [0.1, 0.15) is 24.8 Å². The number of carbonyl (C=O) groups excluding carboxylic acids is 1. The molecular weight excluding hydrogens is 483 g/mol. The van der Waals surface area contributed by atoms with Crippen LogP contribution >= 0.6 is 0 Å². The smallest absolute Gasteiger partial charge is 0.240 e. The minimum Gasteiger partial charge on any atom is -0.463 e. The van der Waals surface area contributed by atoms with Crippen LogP contribution in [-0.2, 0) is 17.9 Å². The summed E-state index contributed by atoms with van der Waals surface area (Å²) in [4.78, 5) is 15.2. The first-order chi connectivity index (χ1) is 18.6. The van der Waals surface area contributed by atoms with Crippen LogP contribution in [-0.4, -0.2) is 73.6 Å². The van der Waals surface area contributed by atoms with Gasteiger partial charge in [0.15, 0.2) is 0 Å². The fraction of sp³-hybridized carbons (Fsp3) is 0.483. The van der Waals surface area contributed by atoms with Gasteiger partial charge >= 0.3 is 0 Å². The largest absolute Gasteiger partial charge is 0.463 e. The van der Waals surface area contributed by atoms with Gasteiger partial charge in [0.05, 0.1) is 5.54 Å². The Labute approximate surface area is 223 Å². The van der Waals surface area contributed by atoms with E-state index >= 15 is 0 Å². The van der Waals surface area contributed by atoms with Gasteiger partial charge < -0.3 is 31.0 Å². The van der Waals surface area contributed by atoms with E-state index in [0.29, 0.717) is 25.1 Å². The Bertz CT molecular complexity index is 1220. The molecule has 5 N–H and O–H groups in total. The van der Waals surface area contributed by atoms with Crippen LogP contribution < -0.4 is 26.4 Å². The number of aromatic nitrogens is 1. The Hall–Kier alpha value is -2.98. The molecule has 2 aliphatic heterocycles. The zero-order valence-corrected chi connectivity index (χ0v) is 22.0. The van der Waals surface area contributed by atoms with Crippen molar-refractivity contribution in [1.82, 2.24) is 25.4 Å². The van der Waals surface area contributed by atoms with Crippen LogP contribution in [0.15, 0.2) is 48.7 Å². The maximum Gasteiger partial charge on any atom is 0.240 e. The molecule has 8 nitrogen and oxygen atoms in total. The van der Waals surface area contributed by atoms with Crippen molar-refractivity contribution < 1.29 is 13.9 Å². The van der Waals surface area contributed by atoms with Gasteiger partial charge in [-0.1, -0.05) is 18.2 Å². The van der Waals surface area contributed by atoms with Crippen molar-refractivity contribution in [1.29, 1.82) is 0 Å². The predicted molar refractivity (Wildman–Crippen MR) is 149 cm³/mol. The first kappa shape index (κ1) is 26.6. The maximum absolute atomic E-state index is 12.7. The van der Waals surface area contributed by atoms with Crippen LogP contribution in [0.25, 0.3) is 22.0 Å². The molecule has 3 heterocycles. The fourth-order valence-corrected chi connectivity index (χ4v) is 5.51. The predicted octanol–water partition coefficient (Wildman–Crippen LogP) is 2.61. The summed E-state index contributed by atoms with van der Waals surface area (Å²) >= 11 is 0. The third kappa shape index (κ3) is 6.18. The van der Waals surface area contributed by atoms with Crippen molar-refractivity contribution in [3.8, 4) is 16.9 Å². The molecule has 1 aromatic heterocycles. The number of nitrogens with two attached hydrogens (primary N) is 1. The Morgan fingerprint density at radius 3 is 2.53 bits per heavy atom. The number of rotatable bonds is 10. The van der Waals surface area contributed by atoms with E-state index in [9.17, 15) is 9.18 Å². The number of nitrogens with one attached hydrogen (secondary N) is 3. The van der Waals surface area contributed by atoms with Gasteiger partial charge in [-0.3, -0.25) is 9.69 Å². The van der Waals surface area contributed by atoms with E-state index in [1.165, 1.54) is 10.9 Å². The first-order valence-corrected chi connectivity index (χ1v) is 13.7. The molecule has 0 unspecified atom stereocenters. The van der Waals surface area contributed by atoms with E-state index in [1.807, 2.05) is 24.3 Å². The molecule has 0 radical (unpaired) electrons. The normalized spacial score (nSPS) is 17.9. The molecular formula is C29H39FN6O2. The van der Waals surface area contributed by atoms with Gasteiger partial charge in [0.25, 0.3) is 0 Å². The number of carbonyl (C=O) groups is 1. The van der Waals surface area contributed by atoms with Crippen molar-refractivity contribution in [3.05, 3.63) is 54.2 Å². The Morgan fingerprint density at radius 1 is 1.05 bits per heavy atom. The number of amides is 1. The minimum absolute atomic E-state index is 0.0507. The molecule has 0 saturated carbocycles. The van der Waals surface area contributed by atoms with Crippen LogP contribution in [0, 0.1) is 0 Å². The molecule has 9 heteroatoms. The zero-order chi connectivity index (χ0) is 26.4. The third-order valence-electron chi connectivity index (χ3n) is 7.76. The summed E-state index contributed by atoms with van der Waals surface area (Å²) < 4.78 is 19.9. The Morgan fingerprint density at radius 2 is 1.79 bits per heavy atom. The van der Waals surface area contributed by atoms with Gasteiger partial charge in [0.1, 0.15) is 5.75 Å². The average Bonchev–Trinajstić information content (AvgIpc) is 3.30. The highest BCUT2D eigenvalue weighted by Crippen LogP contribution is 2.33. The van der Waals surface area contributed by atoms with Crippen molar-refractivity contribution in [2.24, 2.45) is 5.73 Å². The van der Waals surface area contributed by atoms with Gasteiger partial charge in [-0.2, -0.15) is 0 Å². The highest BCUT2D eigenvalue weighted by molar-refractivity contribution is 5.96. The second-order valence-corrected chi connectivity index (χ2v) is 10.4. The second kappa shape index (κ2) is 12.3. The molecule has 5 rings (SSSR count). The van der Waals surface area contributed by atoms with E-state index < -0.39 is 12.4 Å². The molecule has 204 valence electrons. The lowest BCUT2D eigenvalue weighted by molar-refractivity contribution is -0.127. The van der Waals surface area contributed by atoms with E-state index in [0.717, 1.165) is 75.4 Å². The summed E-state index contributed by atoms with van der Waals surface area (Å²) in [6.07, 6.45) is 4.31. The summed E-state index contributed by atoms with van der Waals surface area (Å²) in [5.41, 5.74) is 10.2. The third-order valence-corrected chi connectivity index (χ3v) is 7.76. The lowest BCUT2D eigenvalue weighted by atomic mass is 9.88. The van der Waals surface area contributed by atoms with Crippen molar-refractivity contribution in [2.45, 2.75) is 37.9 Å². The number of halogens is 1. The van der Waals surface area contributed by atoms with E-state index in [2.05, 4.69) is 49.8 Å². The number of piperazine rings is 1. The van der Waals surface area contributed by atoms with E-state index in [4.69, 9.17) is 10.5 Å². The van der Waals surface area contributed by atoms with Crippen LogP contribution in [0.4, 0.5) is 4.39 Å². The summed E-state index contributed by atoms with van der Waals surface area (Å²) in [5.74, 6) is 0.465. The molecule has 2 fully saturated rings. The number of aryl methyl sites for hydroxylation is 1. The number of hydrogen-bond donors (Lipinski definition) is 4. The first-order valence-electron chi connectivity index (χ1n) is 13.7. The lowest BCUT2D eigenvalue weighted by Gasteiger charge is -2.32. The molecule has 38 heavy (non-hydrogen) atoms. The fourth-order valence-electron chi connectivity index (χ4n) is 5.51. The molecule has 3 aromatic rings. The van der Waals surface area contributed by atoms with Crippen LogP contribution in [0.5, 0.6) is 5.75 Å². The van der Waals surface area contributed by atoms with Crippen molar-refractivity contribution in [2.75, 3.05) is 52.7 Å². The zero-order valence-electron chi connectivity index (χ0n) is 22.0. The average molecular weight is 523 g/mol. The maximum atomic E-state index is 12.7. The highest BCUT2D eigenvalue weighted by atomic mass is 19.1. The SMILES string of the molecule is NC1(C(=O)NCCCn2cc(-c3ccc(OCF)cc3)c3cc(CN4CCNCC4)ccc32)CCNCC1. The lowest BCUT2D eigenvalue weighted by Crippen LogP contribution is -2.59. The quantitative estimate of drug-likeness (QED) is 0.306. The number of hydrogen-bond acceptors (Lipinski definition) is 6. The van der Waals surface area contributed by atoms with E-state index in [-0.39, 0.29) is 5.91 Å². The molecule has 2 aromatic carbocycles. The minimum atomic E-state index is -0.841. The molecule has 2 saturated heterocycles. The van der Waals surface area contributed by atoms with Gasteiger partial charge in [-0.25, -0.2) is 4.39 Å². The van der Waals surface area contributed by atoms with Crippen molar-refractivity contribution >= 4 is 16.8 Å². The summed E-state index contributed by atoms with van der Waals surface area (Å²) in [6.45, 7) is 7.14. The van der Waals surface area contributed by atoms with Gasteiger partial charge in [0.2, 0.25) is 12.8 Å². The number of fused-ring (bicyclic) bond motifs is 1. The summed E-state index contributed by atoms with van der Waals surface area (Å²) in [6, 6.07) is 14.3. The standard InChI is InChI=1S/C29H39FN6O2/c30-21-38-24-5-3-23(4-6-24)26-20-36(15-1-10-34-28(37)29(31)8-11-32-12-9-29)27-7-2-22(18-25(26)27)19-35-16-13-33-14-17-35/h2-7,18,20,32-33H,1,8-17,19,21,31H2,(H,34,37). The Balaban J connectivity index is 1.33. The second-order valence-electron chi connectivity index (χ2n) is 10.4. The molecule has 0 aliphatic carbocycles. The topological polar surface area (TPSA) is 96.6 Å². The molecule has 1 amide bonds. The van der Waals surface area contributed by atoms with Gasteiger partial charge in [0, 0.05) is 68.5 Å². The van der Waals surface area contributed by atoms with E-state index in [1.54, 1.807) is 0 Å². The molecule has 0 spiro atoms. The molecule has 0 bridgehead atoms. The number of piperidine rings is 1. The highest BCUT2D eigenvalue weighted by Gasteiger charge is 2.34. The number of ether oxygens (including phenoxy) is 1. The van der Waals surface area contributed by atoms with Crippen molar-refractivity contribution in [3.63, 3.8) is 0 Å². The number of benzene rings is 2. The van der Waals surface area contributed by atoms with Gasteiger partial charge in [-0.05, 0) is 67.7 Å². The van der Waals surface area contributed by atoms with Crippen LogP contribution in [0.3, 0.4) is 0 Å². The molecule has 0 atom stereocenters. The monoisotopic (exact) mass is 522 g/mol. The Kier molecular flexibility index (Phi) is 8.58. The summed E-state index contributed by atoms with van der Waals surface area (Å²) in [7, 11) is 0.